The molecule has 7 heteroatoms. The van der Waals surface area contributed by atoms with Gasteiger partial charge in [-0.3, -0.25) is 9.63 Å². The molecule has 2 heterocycles. The minimum atomic E-state index is -1.08. The van der Waals surface area contributed by atoms with E-state index in [1.807, 2.05) is 60.7 Å². The van der Waals surface area contributed by atoms with Crippen molar-refractivity contribution in [1.29, 1.82) is 0 Å². The Kier molecular flexibility index (Phi) is 5.81. The fourth-order valence-corrected chi connectivity index (χ4v) is 3.01. The number of aliphatic hydroxyl groups is 1. The highest BCUT2D eigenvalue weighted by Crippen LogP contribution is 2.36. The summed E-state index contributed by atoms with van der Waals surface area (Å²) in [5, 5.41) is 9.95. The third kappa shape index (κ3) is 4.43. The van der Waals surface area contributed by atoms with Gasteiger partial charge in [0.1, 0.15) is 6.61 Å². The third-order valence-corrected chi connectivity index (χ3v) is 4.51. The van der Waals surface area contributed by atoms with Crippen molar-refractivity contribution in [2.75, 3.05) is 0 Å². The van der Waals surface area contributed by atoms with E-state index in [0.29, 0.717) is 11.1 Å². The summed E-state index contributed by atoms with van der Waals surface area (Å²) in [4.78, 5) is 22.2. The Hall–Kier alpha value is -3.26. The number of aromatic nitrogens is 1. The van der Waals surface area contributed by atoms with Crippen LogP contribution >= 0.6 is 0 Å². The van der Waals surface area contributed by atoms with Crippen molar-refractivity contribution in [1.82, 2.24) is 10.5 Å². The first-order chi connectivity index (χ1) is 14.2. The maximum atomic E-state index is 12.7. The van der Waals surface area contributed by atoms with Gasteiger partial charge in [-0.05, 0) is 11.1 Å². The quantitative estimate of drug-likeness (QED) is 0.601. The molecule has 4 rings (SSSR count). The number of benzene rings is 2. The van der Waals surface area contributed by atoms with E-state index in [4.69, 9.17) is 14.3 Å². The monoisotopic (exact) mass is 392 g/mol. The number of hydrogen-bond donors (Lipinski definition) is 2. The average molecular weight is 392 g/mol. The number of nitrogens with zero attached hydrogens (tertiary/aromatic N) is 1. The van der Waals surface area contributed by atoms with Gasteiger partial charge in [-0.25, -0.2) is 10.5 Å². The van der Waals surface area contributed by atoms with Crippen LogP contribution in [-0.4, -0.2) is 16.0 Å². The predicted molar refractivity (Wildman–Crippen MR) is 103 cm³/mol. The number of carbonyl (C=O) groups is 1. The summed E-state index contributed by atoms with van der Waals surface area (Å²) in [6.45, 7) is 0.605. The lowest BCUT2D eigenvalue weighted by Gasteiger charge is -2.14. The van der Waals surface area contributed by atoms with Gasteiger partial charge in [0.2, 0.25) is 0 Å². The van der Waals surface area contributed by atoms with Crippen molar-refractivity contribution >= 4 is 5.91 Å². The van der Waals surface area contributed by atoms with Gasteiger partial charge >= 0.3 is 0 Å². The van der Waals surface area contributed by atoms with Crippen molar-refractivity contribution in [3.05, 3.63) is 94.8 Å². The van der Waals surface area contributed by atoms with Gasteiger partial charge in [0.05, 0.1) is 13.2 Å². The Morgan fingerprint density at radius 2 is 1.72 bits per heavy atom. The van der Waals surface area contributed by atoms with Gasteiger partial charge in [-0.1, -0.05) is 60.7 Å². The van der Waals surface area contributed by atoms with E-state index < -0.39 is 12.2 Å². The Morgan fingerprint density at radius 3 is 2.41 bits per heavy atom. The van der Waals surface area contributed by atoms with E-state index in [2.05, 4.69) is 10.5 Å². The second-order valence-electron chi connectivity index (χ2n) is 6.51. The highest BCUT2D eigenvalue weighted by Gasteiger charge is 2.29. The average Bonchev–Trinajstić information content (AvgIpc) is 3.14. The minimum Gasteiger partial charge on any atom is -0.486 e. The Bertz CT molecular complexity index is 979. The maximum Gasteiger partial charge on any atom is 0.297 e. The molecule has 0 bridgehead atoms. The Morgan fingerprint density at radius 1 is 1.07 bits per heavy atom. The lowest BCUT2D eigenvalue weighted by molar-refractivity contribution is -0.0920. The molecule has 29 heavy (non-hydrogen) atoms. The lowest BCUT2D eigenvalue weighted by Crippen LogP contribution is -2.25. The largest absolute Gasteiger partial charge is 0.486 e. The molecule has 7 nitrogen and oxygen atoms in total. The summed E-state index contributed by atoms with van der Waals surface area (Å²) in [7, 11) is 0. The molecule has 1 atom stereocenters. The molecule has 2 N–H and O–H groups in total. The molecule has 3 aromatic rings. The summed E-state index contributed by atoms with van der Waals surface area (Å²) >= 11 is 0. The van der Waals surface area contributed by atoms with Gasteiger partial charge < -0.3 is 14.6 Å². The first-order valence-electron chi connectivity index (χ1n) is 9.16. The van der Waals surface area contributed by atoms with Crippen molar-refractivity contribution in [2.45, 2.75) is 26.1 Å². The molecule has 1 aliphatic heterocycles. The van der Waals surface area contributed by atoms with Crippen molar-refractivity contribution in [3.63, 3.8) is 0 Å². The fraction of sp³-hybridized carbons (Fsp3) is 0.182. The standard InChI is InChI=1S/C22H20N2O5/c25-21(24-29-13-16-9-5-2-6-10-16)19-20(27-12-15-7-3-1-4-8-15)18-14-28-22(26)17(18)11-23-19/h1-11,22,26H,12-14H2,(H,24,25). The van der Waals surface area contributed by atoms with E-state index in [9.17, 15) is 9.90 Å². The smallest absolute Gasteiger partial charge is 0.297 e. The van der Waals surface area contributed by atoms with E-state index >= 15 is 0 Å². The zero-order valence-electron chi connectivity index (χ0n) is 15.6. The Labute approximate surface area is 167 Å². The molecule has 0 saturated heterocycles. The number of hydroxylamine groups is 1. The zero-order valence-corrected chi connectivity index (χ0v) is 15.6. The van der Waals surface area contributed by atoms with E-state index in [-0.39, 0.29) is 31.3 Å². The maximum absolute atomic E-state index is 12.7. The lowest BCUT2D eigenvalue weighted by atomic mass is 10.1. The summed E-state index contributed by atoms with van der Waals surface area (Å²) in [6.07, 6.45) is 0.345. The normalized spacial score (nSPS) is 15.0. The van der Waals surface area contributed by atoms with E-state index in [0.717, 1.165) is 11.1 Å². The molecule has 1 unspecified atom stereocenters. The number of amides is 1. The molecule has 0 saturated carbocycles. The second kappa shape index (κ2) is 8.83. The van der Waals surface area contributed by atoms with E-state index in [1.165, 1.54) is 6.20 Å². The number of hydrogen-bond acceptors (Lipinski definition) is 6. The number of fused-ring (bicyclic) bond motifs is 1. The van der Waals surface area contributed by atoms with Gasteiger partial charge in [0, 0.05) is 17.3 Å². The zero-order chi connectivity index (χ0) is 20.1. The SMILES string of the molecule is O=C(NOCc1ccccc1)c1ncc2c(c1OCc1ccccc1)COC2O. The van der Waals surface area contributed by atoms with Crippen LogP contribution in [0.1, 0.15) is 39.0 Å². The third-order valence-electron chi connectivity index (χ3n) is 4.51. The first-order valence-corrected chi connectivity index (χ1v) is 9.16. The van der Waals surface area contributed by atoms with Gasteiger partial charge in [-0.15, -0.1) is 0 Å². The highest BCUT2D eigenvalue weighted by atomic mass is 16.7. The van der Waals surface area contributed by atoms with Gasteiger partial charge in [-0.2, -0.15) is 0 Å². The van der Waals surface area contributed by atoms with Crippen LogP contribution in [0.15, 0.2) is 66.9 Å². The number of rotatable bonds is 7. The summed E-state index contributed by atoms with van der Waals surface area (Å²) in [5.74, 6) is -0.253. The van der Waals surface area contributed by atoms with Crippen molar-refractivity contribution in [3.8, 4) is 5.75 Å². The van der Waals surface area contributed by atoms with Gasteiger partial charge in [0.25, 0.3) is 5.91 Å². The number of carbonyl (C=O) groups excluding carboxylic acids is 1. The predicted octanol–water partition coefficient (Wildman–Crippen LogP) is 3.04. The van der Waals surface area contributed by atoms with Crippen LogP contribution in [0.2, 0.25) is 0 Å². The van der Waals surface area contributed by atoms with Crippen LogP contribution in [0.3, 0.4) is 0 Å². The second-order valence-corrected chi connectivity index (χ2v) is 6.51. The summed E-state index contributed by atoms with van der Waals surface area (Å²) in [5.41, 5.74) is 5.45. The molecule has 0 aliphatic carbocycles. The summed E-state index contributed by atoms with van der Waals surface area (Å²) < 4.78 is 11.2. The van der Waals surface area contributed by atoms with Crippen LogP contribution in [0.4, 0.5) is 0 Å². The van der Waals surface area contributed by atoms with Crippen LogP contribution in [0.25, 0.3) is 0 Å². The van der Waals surface area contributed by atoms with Crippen molar-refractivity contribution in [2.24, 2.45) is 0 Å². The Balaban J connectivity index is 1.51. The fourth-order valence-electron chi connectivity index (χ4n) is 3.01. The number of ether oxygens (including phenoxy) is 2. The highest BCUT2D eigenvalue weighted by molar-refractivity contribution is 5.94. The van der Waals surface area contributed by atoms with Crippen LogP contribution in [0, 0.1) is 0 Å². The first kappa shape index (κ1) is 19.1. The molecule has 1 aliphatic rings. The van der Waals surface area contributed by atoms with Crippen molar-refractivity contribution < 1.29 is 24.2 Å². The number of nitrogens with one attached hydrogen (secondary N) is 1. The van der Waals surface area contributed by atoms with Crippen LogP contribution in [0.5, 0.6) is 5.75 Å². The topological polar surface area (TPSA) is 89.9 Å². The molecule has 0 radical (unpaired) electrons. The molecule has 0 spiro atoms. The molecular formula is C22H20N2O5. The molecule has 148 valence electrons. The summed E-state index contributed by atoms with van der Waals surface area (Å²) in [6, 6.07) is 19.1. The molecule has 1 aromatic heterocycles. The van der Waals surface area contributed by atoms with Crippen LogP contribution in [-0.2, 0) is 29.4 Å². The van der Waals surface area contributed by atoms with Gasteiger partial charge in [0.15, 0.2) is 17.7 Å². The van der Waals surface area contributed by atoms with E-state index in [1.54, 1.807) is 0 Å². The molecule has 2 aromatic carbocycles. The molecule has 0 fully saturated rings. The van der Waals surface area contributed by atoms with Crippen LogP contribution < -0.4 is 10.2 Å². The number of pyridine rings is 1. The molecule has 1 amide bonds. The molecular weight excluding hydrogens is 372 g/mol. The minimum absolute atomic E-state index is 0.0745. The number of aliphatic hydroxyl groups excluding tert-OH is 1.